The SMILES string of the molecule is C[C@H](NC(=O)[C@@H]1CC[C@@H](Cc2ccc3ccccc3c2)C1)C(=O)CCc1cc(Cl)ccc1-n1cnnn1. The molecule has 8 heteroatoms. The number of aryl methyl sites for hydroxylation is 1. The number of carbonyl (C=O) groups excluding carboxylic acids is 2. The maximum Gasteiger partial charge on any atom is 0.223 e. The molecule has 0 unspecified atom stereocenters. The Bertz CT molecular complexity index is 1400. The second-order valence-corrected chi connectivity index (χ2v) is 10.4. The number of ketones is 1. The molecule has 1 amide bonds. The molecule has 1 aliphatic carbocycles. The van der Waals surface area contributed by atoms with Crippen LogP contribution in [0.5, 0.6) is 0 Å². The number of nitrogens with zero attached hydrogens (tertiary/aromatic N) is 4. The number of tetrazole rings is 1. The summed E-state index contributed by atoms with van der Waals surface area (Å²) in [5.41, 5.74) is 2.97. The van der Waals surface area contributed by atoms with Crippen LogP contribution in [0.3, 0.4) is 0 Å². The molecule has 0 bridgehead atoms. The Morgan fingerprint density at radius 2 is 1.92 bits per heavy atom. The maximum absolute atomic E-state index is 13.0. The zero-order valence-corrected chi connectivity index (χ0v) is 21.6. The summed E-state index contributed by atoms with van der Waals surface area (Å²) in [6.45, 7) is 1.77. The molecule has 0 aliphatic heterocycles. The van der Waals surface area contributed by atoms with Crippen LogP contribution in [0.2, 0.25) is 5.02 Å². The lowest BCUT2D eigenvalue weighted by Crippen LogP contribution is -2.41. The molecule has 0 spiro atoms. The zero-order valence-electron chi connectivity index (χ0n) is 20.8. The van der Waals surface area contributed by atoms with E-state index < -0.39 is 6.04 Å². The Kier molecular flexibility index (Phi) is 7.60. The Morgan fingerprint density at radius 3 is 2.73 bits per heavy atom. The quantitative estimate of drug-likeness (QED) is 0.333. The number of aromatic nitrogens is 4. The molecule has 3 atom stereocenters. The fraction of sp³-hybridized carbons (Fsp3) is 0.345. The van der Waals surface area contributed by atoms with Crippen molar-refractivity contribution in [2.75, 3.05) is 0 Å². The predicted molar refractivity (Wildman–Crippen MR) is 144 cm³/mol. The maximum atomic E-state index is 13.0. The van der Waals surface area contributed by atoms with E-state index in [0.29, 0.717) is 17.4 Å². The van der Waals surface area contributed by atoms with E-state index >= 15 is 0 Å². The molecule has 190 valence electrons. The highest BCUT2D eigenvalue weighted by atomic mass is 35.5. The molecule has 0 radical (unpaired) electrons. The lowest BCUT2D eigenvalue weighted by atomic mass is 9.95. The average molecular weight is 516 g/mol. The number of halogens is 1. The fourth-order valence-corrected chi connectivity index (χ4v) is 5.53. The third-order valence-electron chi connectivity index (χ3n) is 7.37. The highest BCUT2D eigenvalue weighted by Gasteiger charge is 2.31. The van der Waals surface area contributed by atoms with Gasteiger partial charge in [0, 0.05) is 17.4 Å². The summed E-state index contributed by atoms with van der Waals surface area (Å²) < 4.78 is 1.55. The van der Waals surface area contributed by atoms with E-state index in [2.05, 4.69) is 63.3 Å². The van der Waals surface area contributed by atoms with Crippen molar-refractivity contribution in [1.82, 2.24) is 25.5 Å². The number of rotatable bonds is 9. The number of Topliss-reactive ketones (excluding diaryl/α,β-unsaturated/α-hetero) is 1. The van der Waals surface area contributed by atoms with Gasteiger partial charge in [0.15, 0.2) is 5.78 Å². The largest absolute Gasteiger partial charge is 0.346 e. The van der Waals surface area contributed by atoms with Crippen molar-refractivity contribution in [3.05, 3.63) is 83.1 Å². The van der Waals surface area contributed by atoms with Gasteiger partial charge in [0.25, 0.3) is 0 Å². The molecule has 1 aromatic heterocycles. The van der Waals surface area contributed by atoms with Crippen molar-refractivity contribution < 1.29 is 9.59 Å². The van der Waals surface area contributed by atoms with Crippen LogP contribution in [-0.2, 0) is 22.4 Å². The van der Waals surface area contributed by atoms with Crippen molar-refractivity contribution in [3.63, 3.8) is 0 Å². The second kappa shape index (κ2) is 11.2. The number of nitrogens with one attached hydrogen (secondary N) is 1. The first kappa shape index (κ1) is 25.1. The molecule has 1 aliphatic rings. The predicted octanol–water partition coefficient (Wildman–Crippen LogP) is 5.13. The van der Waals surface area contributed by atoms with Crippen molar-refractivity contribution in [2.45, 2.75) is 51.5 Å². The van der Waals surface area contributed by atoms with Crippen LogP contribution in [0.1, 0.15) is 43.7 Å². The van der Waals surface area contributed by atoms with Crippen LogP contribution < -0.4 is 5.32 Å². The standard InChI is InChI=1S/C29H30ClN5O2/c1-19(28(36)13-10-24-17-26(30)11-12-27(24)35-18-31-33-34-35)32-29(37)25-9-7-21(16-25)14-20-6-8-22-4-2-3-5-23(22)15-20/h2-6,8,11-12,15,17-19,21,25H,7,9-10,13-14,16H2,1H3,(H,32,37)/t19-,21-,25+/m0/s1. The molecule has 1 fully saturated rings. The molecule has 0 saturated heterocycles. The summed E-state index contributed by atoms with van der Waals surface area (Å²) in [6.07, 6.45) is 6.00. The van der Waals surface area contributed by atoms with E-state index in [4.69, 9.17) is 11.6 Å². The summed E-state index contributed by atoms with van der Waals surface area (Å²) in [6, 6.07) is 19.9. The minimum Gasteiger partial charge on any atom is -0.346 e. The van der Waals surface area contributed by atoms with Gasteiger partial charge in [0.1, 0.15) is 6.33 Å². The zero-order chi connectivity index (χ0) is 25.8. The van der Waals surface area contributed by atoms with Crippen LogP contribution in [-0.4, -0.2) is 37.9 Å². The minimum atomic E-state index is -0.539. The van der Waals surface area contributed by atoms with Gasteiger partial charge in [-0.1, -0.05) is 54.1 Å². The van der Waals surface area contributed by atoms with E-state index in [1.807, 2.05) is 12.1 Å². The molecule has 5 rings (SSSR count). The number of hydrogen-bond donors (Lipinski definition) is 1. The van der Waals surface area contributed by atoms with Crippen LogP contribution in [0, 0.1) is 11.8 Å². The van der Waals surface area contributed by atoms with Gasteiger partial charge in [-0.2, -0.15) is 0 Å². The van der Waals surface area contributed by atoms with Gasteiger partial charge in [-0.3, -0.25) is 9.59 Å². The number of hydrogen-bond acceptors (Lipinski definition) is 5. The van der Waals surface area contributed by atoms with Gasteiger partial charge >= 0.3 is 0 Å². The summed E-state index contributed by atoms with van der Waals surface area (Å²) in [4.78, 5) is 25.8. The van der Waals surface area contributed by atoms with Crippen LogP contribution >= 0.6 is 11.6 Å². The summed E-state index contributed by atoms with van der Waals surface area (Å²) in [7, 11) is 0. The molecular weight excluding hydrogens is 486 g/mol. The topological polar surface area (TPSA) is 89.8 Å². The van der Waals surface area contributed by atoms with Crippen molar-refractivity contribution >= 4 is 34.1 Å². The number of benzene rings is 3. The Hall–Kier alpha value is -3.58. The normalized spacial score (nSPS) is 18.1. The van der Waals surface area contributed by atoms with Gasteiger partial charge in [0.2, 0.25) is 5.91 Å². The Balaban J connectivity index is 1.12. The second-order valence-electron chi connectivity index (χ2n) is 9.99. The smallest absolute Gasteiger partial charge is 0.223 e. The van der Waals surface area contributed by atoms with Crippen molar-refractivity contribution in [3.8, 4) is 5.69 Å². The van der Waals surface area contributed by atoms with Gasteiger partial charge in [-0.15, -0.1) is 5.10 Å². The summed E-state index contributed by atoms with van der Waals surface area (Å²) in [5.74, 6) is 0.413. The number of fused-ring (bicyclic) bond motifs is 1. The summed E-state index contributed by atoms with van der Waals surface area (Å²) >= 11 is 6.18. The Labute approximate surface area is 221 Å². The molecule has 1 heterocycles. The number of carbonyl (C=O) groups is 2. The minimum absolute atomic E-state index is 0.0123. The van der Waals surface area contributed by atoms with E-state index in [9.17, 15) is 9.59 Å². The molecule has 1 saturated carbocycles. The number of amides is 1. The van der Waals surface area contributed by atoms with Crippen LogP contribution in [0.25, 0.3) is 16.5 Å². The first-order valence-corrected chi connectivity index (χ1v) is 13.2. The first-order valence-electron chi connectivity index (χ1n) is 12.8. The molecular formula is C29H30ClN5O2. The highest BCUT2D eigenvalue weighted by molar-refractivity contribution is 6.30. The average Bonchev–Trinajstić information content (AvgIpc) is 3.60. The molecule has 4 aromatic rings. The molecule has 37 heavy (non-hydrogen) atoms. The monoisotopic (exact) mass is 515 g/mol. The first-order chi connectivity index (χ1) is 18.0. The lowest BCUT2D eigenvalue weighted by molar-refractivity contribution is -0.129. The van der Waals surface area contributed by atoms with Crippen molar-refractivity contribution in [1.29, 1.82) is 0 Å². The van der Waals surface area contributed by atoms with Crippen molar-refractivity contribution in [2.24, 2.45) is 11.8 Å². The van der Waals surface area contributed by atoms with Crippen LogP contribution in [0.4, 0.5) is 0 Å². The van der Waals surface area contributed by atoms with E-state index in [1.54, 1.807) is 17.7 Å². The third-order valence-corrected chi connectivity index (χ3v) is 7.61. The molecule has 1 N–H and O–H groups in total. The lowest BCUT2D eigenvalue weighted by Gasteiger charge is -2.17. The molecule has 7 nitrogen and oxygen atoms in total. The van der Waals surface area contributed by atoms with Crippen LogP contribution in [0.15, 0.2) is 67.0 Å². The Morgan fingerprint density at radius 1 is 1.08 bits per heavy atom. The molecule has 3 aromatic carbocycles. The van der Waals surface area contributed by atoms with E-state index in [0.717, 1.165) is 36.9 Å². The third kappa shape index (κ3) is 6.05. The fourth-order valence-electron chi connectivity index (χ4n) is 5.33. The highest BCUT2D eigenvalue weighted by Crippen LogP contribution is 2.34. The van der Waals surface area contributed by atoms with Gasteiger partial charge in [-0.25, -0.2) is 4.68 Å². The van der Waals surface area contributed by atoms with Gasteiger partial charge in [-0.05, 0) is 95.5 Å². The summed E-state index contributed by atoms with van der Waals surface area (Å²) in [5, 5.41) is 17.4. The van der Waals surface area contributed by atoms with E-state index in [-0.39, 0.29) is 24.0 Å². The van der Waals surface area contributed by atoms with E-state index in [1.165, 1.54) is 22.7 Å². The van der Waals surface area contributed by atoms with Gasteiger partial charge < -0.3 is 5.32 Å². The van der Waals surface area contributed by atoms with Gasteiger partial charge in [0.05, 0.1) is 11.7 Å².